The van der Waals surface area contributed by atoms with E-state index >= 15 is 0 Å². The van der Waals surface area contributed by atoms with E-state index in [9.17, 15) is 0 Å². The molecule has 0 spiro atoms. The molecular weight excluding hydrogens is 254 g/mol. The Kier molecular flexibility index (Phi) is 3.22. The number of aliphatic imine (C=N–C) groups is 1. The molecule has 0 atom stereocenters. The first-order chi connectivity index (χ1) is 9.25. The highest BCUT2D eigenvalue weighted by atomic mass is 35.5. The SMILES string of the molecule is CC1=c2cccc(-c3ccc(Cl)cc3)c2=CCC=N1. The molecule has 0 unspecified atom stereocenters. The average molecular weight is 268 g/mol. The summed E-state index contributed by atoms with van der Waals surface area (Å²) in [4.78, 5) is 4.45. The van der Waals surface area contributed by atoms with Crippen LogP contribution in [0.4, 0.5) is 0 Å². The number of fused-ring (bicyclic) bond motifs is 1. The third kappa shape index (κ3) is 2.34. The lowest BCUT2D eigenvalue weighted by atomic mass is 10.0. The summed E-state index contributed by atoms with van der Waals surface area (Å²) < 4.78 is 0. The van der Waals surface area contributed by atoms with Crippen molar-refractivity contribution >= 4 is 29.6 Å². The van der Waals surface area contributed by atoms with Crippen LogP contribution in [0.2, 0.25) is 5.02 Å². The molecule has 0 bridgehead atoms. The van der Waals surface area contributed by atoms with Gasteiger partial charge in [0.05, 0.1) is 0 Å². The molecule has 1 nitrogen and oxygen atoms in total. The smallest absolute Gasteiger partial charge is 0.0447 e. The highest BCUT2D eigenvalue weighted by Crippen LogP contribution is 2.18. The van der Waals surface area contributed by atoms with Crippen molar-refractivity contribution in [3.05, 3.63) is 57.9 Å². The molecule has 2 aromatic carbocycles. The molecule has 1 heterocycles. The molecule has 0 saturated carbocycles. The van der Waals surface area contributed by atoms with Crippen LogP contribution < -0.4 is 10.4 Å². The zero-order chi connectivity index (χ0) is 13.2. The molecule has 0 radical (unpaired) electrons. The second-order valence-electron chi connectivity index (χ2n) is 4.61. The van der Waals surface area contributed by atoms with Gasteiger partial charge in [-0.1, -0.05) is 48.0 Å². The van der Waals surface area contributed by atoms with E-state index in [1.165, 1.54) is 21.6 Å². The Bertz CT molecular complexity index is 755. The largest absolute Gasteiger partial charge is 0.265 e. The molecule has 0 aliphatic carbocycles. The van der Waals surface area contributed by atoms with Gasteiger partial charge in [0.15, 0.2) is 0 Å². The maximum Gasteiger partial charge on any atom is 0.0447 e. The second-order valence-corrected chi connectivity index (χ2v) is 5.05. The lowest BCUT2D eigenvalue weighted by molar-refractivity contribution is 1.41. The van der Waals surface area contributed by atoms with Crippen LogP contribution in [0.5, 0.6) is 0 Å². The third-order valence-electron chi connectivity index (χ3n) is 3.36. The molecule has 0 N–H and O–H groups in total. The van der Waals surface area contributed by atoms with Crippen molar-refractivity contribution < 1.29 is 0 Å². The fourth-order valence-electron chi connectivity index (χ4n) is 2.41. The Labute approximate surface area is 117 Å². The number of halogens is 1. The zero-order valence-corrected chi connectivity index (χ0v) is 11.5. The summed E-state index contributed by atoms with van der Waals surface area (Å²) in [5, 5.41) is 3.24. The van der Waals surface area contributed by atoms with Gasteiger partial charge in [0.1, 0.15) is 0 Å². The highest BCUT2D eigenvalue weighted by Gasteiger charge is 2.03. The molecule has 3 rings (SSSR count). The molecule has 19 heavy (non-hydrogen) atoms. The lowest BCUT2D eigenvalue weighted by Gasteiger charge is -2.04. The van der Waals surface area contributed by atoms with E-state index in [0.717, 1.165) is 17.1 Å². The van der Waals surface area contributed by atoms with Gasteiger partial charge in [-0.25, -0.2) is 0 Å². The average Bonchev–Trinajstić information content (AvgIpc) is 2.62. The monoisotopic (exact) mass is 267 g/mol. The van der Waals surface area contributed by atoms with Gasteiger partial charge >= 0.3 is 0 Å². The fourth-order valence-corrected chi connectivity index (χ4v) is 2.54. The summed E-state index contributed by atoms with van der Waals surface area (Å²) in [5.41, 5.74) is 3.49. The van der Waals surface area contributed by atoms with Gasteiger partial charge in [-0.2, -0.15) is 0 Å². The van der Waals surface area contributed by atoms with Crippen LogP contribution in [0.25, 0.3) is 22.9 Å². The van der Waals surface area contributed by atoms with Crippen LogP contribution >= 0.6 is 11.6 Å². The summed E-state index contributed by atoms with van der Waals surface area (Å²) >= 11 is 5.96. The van der Waals surface area contributed by atoms with E-state index in [1.807, 2.05) is 18.3 Å². The van der Waals surface area contributed by atoms with Gasteiger partial charge in [-0.15, -0.1) is 0 Å². The quantitative estimate of drug-likeness (QED) is 0.751. The number of benzene rings is 2. The summed E-state index contributed by atoms with van der Waals surface area (Å²) in [6.07, 6.45) is 5.06. The third-order valence-corrected chi connectivity index (χ3v) is 3.62. The zero-order valence-electron chi connectivity index (χ0n) is 10.7. The number of nitrogens with zero attached hydrogens (tertiary/aromatic N) is 1. The minimum atomic E-state index is 0.765. The molecule has 94 valence electrons. The van der Waals surface area contributed by atoms with E-state index in [4.69, 9.17) is 11.6 Å². The van der Waals surface area contributed by atoms with Gasteiger partial charge in [-0.3, -0.25) is 4.99 Å². The van der Waals surface area contributed by atoms with Crippen LogP contribution in [0, 0.1) is 0 Å². The predicted octanol–water partition coefficient (Wildman–Crippen LogP) is 3.39. The minimum Gasteiger partial charge on any atom is -0.265 e. The molecule has 0 aromatic heterocycles. The summed E-state index contributed by atoms with van der Waals surface area (Å²) in [6.45, 7) is 2.06. The summed E-state index contributed by atoms with van der Waals surface area (Å²) in [7, 11) is 0. The molecule has 2 aromatic rings. The Morgan fingerprint density at radius 2 is 1.84 bits per heavy atom. The Morgan fingerprint density at radius 1 is 1.05 bits per heavy atom. The van der Waals surface area contributed by atoms with Crippen molar-refractivity contribution in [1.82, 2.24) is 0 Å². The maximum absolute atomic E-state index is 5.96. The normalized spacial score (nSPS) is 13.7. The predicted molar refractivity (Wildman–Crippen MR) is 82.8 cm³/mol. The highest BCUT2D eigenvalue weighted by molar-refractivity contribution is 6.30. The molecule has 2 heteroatoms. The van der Waals surface area contributed by atoms with Gasteiger partial charge in [0.2, 0.25) is 0 Å². The number of rotatable bonds is 1. The standard InChI is InChI=1S/C17H14ClN/c1-12-15-4-2-5-16(17(15)6-3-11-19-12)13-7-9-14(18)10-8-13/h2,4-11H,3H2,1H3. The maximum atomic E-state index is 5.96. The van der Waals surface area contributed by atoms with Crippen LogP contribution in [-0.2, 0) is 0 Å². The van der Waals surface area contributed by atoms with E-state index < -0.39 is 0 Å². The van der Waals surface area contributed by atoms with Gasteiger partial charge < -0.3 is 0 Å². The fraction of sp³-hybridized carbons (Fsp3) is 0.118. The van der Waals surface area contributed by atoms with Crippen molar-refractivity contribution in [2.45, 2.75) is 13.3 Å². The van der Waals surface area contributed by atoms with Crippen molar-refractivity contribution in [2.75, 3.05) is 0 Å². The van der Waals surface area contributed by atoms with E-state index in [-0.39, 0.29) is 0 Å². The molecule has 0 fully saturated rings. The van der Waals surface area contributed by atoms with Crippen LogP contribution in [-0.4, -0.2) is 6.21 Å². The Morgan fingerprint density at radius 3 is 2.63 bits per heavy atom. The van der Waals surface area contributed by atoms with Crippen LogP contribution in [0.1, 0.15) is 13.3 Å². The number of hydrogen-bond acceptors (Lipinski definition) is 1. The van der Waals surface area contributed by atoms with Crippen molar-refractivity contribution in [3.63, 3.8) is 0 Å². The van der Waals surface area contributed by atoms with Crippen LogP contribution in [0.15, 0.2) is 47.5 Å². The van der Waals surface area contributed by atoms with E-state index in [2.05, 4.69) is 48.3 Å². The molecule has 0 saturated heterocycles. The first-order valence-corrected chi connectivity index (χ1v) is 6.72. The van der Waals surface area contributed by atoms with E-state index in [0.29, 0.717) is 0 Å². The van der Waals surface area contributed by atoms with Crippen molar-refractivity contribution in [3.8, 4) is 11.1 Å². The van der Waals surface area contributed by atoms with Crippen molar-refractivity contribution in [1.29, 1.82) is 0 Å². The first-order valence-electron chi connectivity index (χ1n) is 6.34. The Hall–Kier alpha value is -1.86. The topological polar surface area (TPSA) is 12.4 Å². The summed E-state index contributed by atoms with van der Waals surface area (Å²) in [6, 6.07) is 14.3. The molecule has 0 amide bonds. The first kappa shape index (κ1) is 12.2. The molecule has 1 aliphatic heterocycles. The molecule has 1 aliphatic rings. The number of hydrogen-bond donors (Lipinski definition) is 0. The van der Waals surface area contributed by atoms with Crippen molar-refractivity contribution in [2.24, 2.45) is 4.99 Å². The van der Waals surface area contributed by atoms with Gasteiger partial charge in [-0.05, 0) is 35.4 Å². The minimum absolute atomic E-state index is 0.765. The van der Waals surface area contributed by atoms with Crippen LogP contribution in [0.3, 0.4) is 0 Å². The summed E-state index contributed by atoms with van der Waals surface area (Å²) in [5.74, 6) is 0. The Balaban J connectivity index is 2.32. The molecular formula is C17H14ClN. The van der Waals surface area contributed by atoms with Gasteiger partial charge in [0.25, 0.3) is 0 Å². The van der Waals surface area contributed by atoms with Gasteiger partial charge in [0, 0.05) is 28.6 Å². The lowest BCUT2D eigenvalue weighted by Crippen LogP contribution is -2.27. The van der Waals surface area contributed by atoms with E-state index in [1.54, 1.807) is 0 Å². The second kappa shape index (κ2) is 5.02.